The third-order valence-electron chi connectivity index (χ3n) is 1.94. The number of benzene rings is 1. The first-order chi connectivity index (χ1) is 8.19. The Morgan fingerprint density at radius 3 is 2.29 bits per heavy atom. The topological polar surface area (TPSA) is 57.1 Å². The summed E-state index contributed by atoms with van der Waals surface area (Å²) >= 11 is 0. The molecule has 0 bridgehead atoms. The Labute approximate surface area is 100 Å². The number of hydrogen-bond donors (Lipinski definition) is 0. The van der Waals surface area contributed by atoms with Gasteiger partial charge in [0.1, 0.15) is 17.7 Å². The lowest BCUT2D eigenvalue weighted by Crippen LogP contribution is -2.04. The fraction of sp³-hybridized carbons (Fsp3) is 0.333. The number of esters is 1. The number of aliphatic imine (C=N–C) groups is 1. The fourth-order valence-corrected chi connectivity index (χ4v) is 1.17. The van der Waals surface area contributed by atoms with Gasteiger partial charge in [-0.25, -0.2) is 9.79 Å². The van der Waals surface area contributed by atoms with E-state index in [0.717, 1.165) is 6.21 Å². The van der Waals surface area contributed by atoms with Crippen molar-refractivity contribution in [2.75, 3.05) is 20.8 Å². The first-order valence-corrected chi connectivity index (χ1v) is 5.13. The second-order valence-corrected chi connectivity index (χ2v) is 3.08. The molecule has 0 amide bonds. The lowest BCUT2D eigenvalue weighted by Gasteiger charge is -2.05. The molecular weight excluding hydrogens is 222 g/mol. The molecule has 0 aliphatic carbocycles. The summed E-state index contributed by atoms with van der Waals surface area (Å²) in [5.41, 5.74) is 0.564. The van der Waals surface area contributed by atoms with Crippen molar-refractivity contribution < 1.29 is 19.0 Å². The highest BCUT2D eigenvalue weighted by Gasteiger charge is 2.01. The average Bonchev–Trinajstić information content (AvgIpc) is 2.36. The van der Waals surface area contributed by atoms with Gasteiger partial charge in [-0.2, -0.15) is 0 Å². The second kappa shape index (κ2) is 6.52. The molecule has 0 aliphatic heterocycles. The Balaban J connectivity index is 2.86. The smallest absolute Gasteiger partial charge is 0.349 e. The maximum absolute atomic E-state index is 11.1. The largest absolute Gasteiger partial charge is 0.497 e. The molecule has 1 aromatic carbocycles. The number of carbonyl (C=O) groups is 1. The van der Waals surface area contributed by atoms with Gasteiger partial charge in [0.25, 0.3) is 0 Å². The van der Waals surface area contributed by atoms with Gasteiger partial charge in [0.15, 0.2) is 0 Å². The van der Waals surface area contributed by atoms with Crippen molar-refractivity contribution in [2.24, 2.45) is 4.99 Å². The lowest BCUT2D eigenvalue weighted by molar-refractivity contribution is -0.134. The van der Waals surface area contributed by atoms with E-state index in [0.29, 0.717) is 23.8 Å². The van der Waals surface area contributed by atoms with E-state index in [1.807, 2.05) is 0 Å². The molecule has 0 aromatic heterocycles. The monoisotopic (exact) mass is 237 g/mol. The molecule has 92 valence electrons. The highest BCUT2D eigenvalue weighted by atomic mass is 16.5. The van der Waals surface area contributed by atoms with Crippen LogP contribution >= 0.6 is 0 Å². The highest BCUT2D eigenvalue weighted by Crippen LogP contribution is 2.27. The minimum absolute atomic E-state index is 0.326. The molecule has 0 fully saturated rings. The van der Waals surface area contributed by atoms with E-state index >= 15 is 0 Å². The van der Waals surface area contributed by atoms with Gasteiger partial charge in [-0.05, 0) is 6.92 Å². The standard InChI is InChI=1S/C12H15NO4/c1-4-17-12(14)8-13-9-5-10(15-2)7-11(6-9)16-3/h5-8H,4H2,1-3H3. The Morgan fingerprint density at radius 2 is 1.82 bits per heavy atom. The van der Waals surface area contributed by atoms with E-state index in [2.05, 4.69) is 4.99 Å². The first kappa shape index (κ1) is 13.0. The zero-order chi connectivity index (χ0) is 12.7. The zero-order valence-electron chi connectivity index (χ0n) is 10.1. The number of rotatable bonds is 5. The molecule has 0 unspecified atom stereocenters. The predicted molar refractivity (Wildman–Crippen MR) is 64.3 cm³/mol. The van der Waals surface area contributed by atoms with Gasteiger partial charge in [0, 0.05) is 18.2 Å². The van der Waals surface area contributed by atoms with Gasteiger partial charge in [-0.15, -0.1) is 0 Å². The quantitative estimate of drug-likeness (QED) is 0.580. The molecule has 0 saturated carbocycles. The Hall–Kier alpha value is -2.04. The molecule has 0 radical (unpaired) electrons. The van der Waals surface area contributed by atoms with Crippen LogP contribution in [0, 0.1) is 0 Å². The van der Waals surface area contributed by atoms with Gasteiger partial charge in [-0.3, -0.25) is 0 Å². The maximum atomic E-state index is 11.1. The van der Waals surface area contributed by atoms with Crippen LogP contribution in [-0.2, 0) is 9.53 Å². The van der Waals surface area contributed by atoms with Crippen molar-refractivity contribution in [3.05, 3.63) is 18.2 Å². The normalized spacial score (nSPS) is 10.3. The highest BCUT2D eigenvalue weighted by molar-refractivity contribution is 6.23. The molecule has 0 atom stereocenters. The van der Waals surface area contributed by atoms with Crippen molar-refractivity contribution in [3.63, 3.8) is 0 Å². The summed E-state index contributed by atoms with van der Waals surface area (Å²) < 4.78 is 14.9. The minimum Gasteiger partial charge on any atom is -0.497 e. The van der Waals surface area contributed by atoms with Crippen LogP contribution in [0.15, 0.2) is 23.2 Å². The molecule has 1 rings (SSSR count). The van der Waals surface area contributed by atoms with E-state index in [1.54, 1.807) is 39.3 Å². The van der Waals surface area contributed by atoms with Crippen LogP contribution in [0.3, 0.4) is 0 Å². The SMILES string of the molecule is CCOC(=O)C=Nc1cc(OC)cc(OC)c1. The molecule has 0 N–H and O–H groups in total. The molecule has 0 heterocycles. The molecular formula is C12H15NO4. The summed E-state index contributed by atoms with van der Waals surface area (Å²) in [5.74, 6) is 0.745. The van der Waals surface area contributed by atoms with Crippen LogP contribution < -0.4 is 9.47 Å². The van der Waals surface area contributed by atoms with E-state index < -0.39 is 5.97 Å². The van der Waals surface area contributed by atoms with Crippen LogP contribution in [0.1, 0.15) is 6.92 Å². The van der Waals surface area contributed by atoms with Crippen molar-refractivity contribution in [1.82, 2.24) is 0 Å². The van der Waals surface area contributed by atoms with Crippen molar-refractivity contribution in [3.8, 4) is 11.5 Å². The molecule has 5 nitrogen and oxygen atoms in total. The van der Waals surface area contributed by atoms with Gasteiger partial charge < -0.3 is 14.2 Å². The molecule has 0 saturated heterocycles. The Morgan fingerprint density at radius 1 is 1.24 bits per heavy atom. The second-order valence-electron chi connectivity index (χ2n) is 3.08. The van der Waals surface area contributed by atoms with Crippen molar-refractivity contribution >= 4 is 17.9 Å². The summed E-state index contributed by atoms with van der Waals surface area (Å²) in [4.78, 5) is 15.1. The van der Waals surface area contributed by atoms with E-state index in [4.69, 9.17) is 14.2 Å². The molecule has 5 heteroatoms. The fourth-order valence-electron chi connectivity index (χ4n) is 1.17. The van der Waals surface area contributed by atoms with Crippen LogP contribution in [0.4, 0.5) is 5.69 Å². The van der Waals surface area contributed by atoms with Crippen LogP contribution in [0.2, 0.25) is 0 Å². The third kappa shape index (κ3) is 4.14. The number of nitrogens with zero attached hydrogens (tertiary/aromatic N) is 1. The lowest BCUT2D eigenvalue weighted by atomic mass is 10.3. The van der Waals surface area contributed by atoms with E-state index in [9.17, 15) is 4.79 Å². The molecule has 17 heavy (non-hydrogen) atoms. The summed E-state index contributed by atoms with van der Waals surface area (Å²) in [7, 11) is 3.10. The summed E-state index contributed by atoms with van der Waals surface area (Å²) in [6, 6.07) is 5.11. The minimum atomic E-state index is -0.478. The number of ether oxygens (including phenoxy) is 3. The van der Waals surface area contributed by atoms with Gasteiger partial charge in [-0.1, -0.05) is 0 Å². The Bertz CT molecular complexity index is 393. The maximum Gasteiger partial charge on any atom is 0.349 e. The molecule has 0 spiro atoms. The average molecular weight is 237 g/mol. The van der Waals surface area contributed by atoms with Gasteiger partial charge in [0.2, 0.25) is 0 Å². The van der Waals surface area contributed by atoms with E-state index in [1.165, 1.54) is 0 Å². The number of carbonyl (C=O) groups excluding carboxylic acids is 1. The van der Waals surface area contributed by atoms with Crippen LogP contribution in [0.5, 0.6) is 11.5 Å². The Kier molecular flexibility index (Phi) is 5.00. The van der Waals surface area contributed by atoms with Crippen molar-refractivity contribution in [1.29, 1.82) is 0 Å². The van der Waals surface area contributed by atoms with Crippen LogP contribution in [-0.4, -0.2) is 33.0 Å². The van der Waals surface area contributed by atoms with E-state index in [-0.39, 0.29) is 0 Å². The summed E-state index contributed by atoms with van der Waals surface area (Å²) in [6.45, 7) is 2.06. The summed E-state index contributed by atoms with van der Waals surface area (Å²) in [5, 5.41) is 0. The third-order valence-corrected chi connectivity index (χ3v) is 1.94. The van der Waals surface area contributed by atoms with Crippen molar-refractivity contribution in [2.45, 2.75) is 6.92 Å². The first-order valence-electron chi connectivity index (χ1n) is 5.13. The number of methoxy groups -OCH3 is 2. The predicted octanol–water partition coefficient (Wildman–Crippen LogP) is 1.97. The van der Waals surface area contributed by atoms with Gasteiger partial charge in [0.05, 0.1) is 26.5 Å². The zero-order valence-corrected chi connectivity index (χ0v) is 10.1. The summed E-state index contributed by atoms with van der Waals surface area (Å²) in [6.07, 6.45) is 1.12. The van der Waals surface area contributed by atoms with Crippen LogP contribution in [0.25, 0.3) is 0 Å². The number of hydrogen-bond acceptors (Lipinski definition) is 5. The molecule has 0 aliphatic rings. The van der Waals surface area contributed by atoms with Gasteiger partial charge >= 0.3 is 5.97 Å². The molecule has 1 aromatic rings.